The minimum atomic E-state index is 0. The maximum absolute atomic E-state index is 11.7. The third kappa shape index (κ3) is 4.06. The molecule has 1 saturated heterocycles. The molecule has 0 unspecified atom stereocenters. The van der Waals surface area contributed by atoms with Crippen LogP contribution < -0.4 is 17.0 Å². The van der Waals surface area contributed by atoms with E-state index in [-0.39, 0.29) is 17.0 Å². The van der Waals surface area contributed by atoms with Gasteiger partial charge in [-0.25, -0.2) is 0 Å². The van der Waals surface area contributed by atoms with E-state index in [1.165, 1.54) is 5.56 Å². The van der Waals surface area contributed by atoms with Gasteiger partial charge in [0.05, 0.1) is 32.7 Å². The third-order valence-electron chi connectivity index (χ3n) is 4.38. The van der Waals surface area contributed by atoms with Crippen molar-refractivity contribution in [3.63, 3.8) is 0 Å². The molecule has 1 amide bonds. The van der Waals surface area contributed by atoms with E-state index < -0.39 is 0 Å². The number of hydrogen-bond acceptors (Lipinski definition) is 1. The molecule has 1 heterocycles. The Balaban J connectivity index is 0.00000200. The molecule has 4 heteroatoms. The van der Waals surface area contributed by atoms with Crippen molar-refractivity contribution in [2.75, 3.05) is 32.7 Å². The zero-order chi connectivity index (χ0) is 13.7. The average Bonchev–Trinajstić information content (AvgIpc) is 2.48. The van der Waals surface area contributed by atoms with Crippen LogP contribution in [0.25, 0.3) is 0 Å². The maximum atomic E-state index is 11.7. The predicted octanol–water partition coefficient (Wildman–Crippen LogP) is -0.720. The van der Waals surface area contributed by atoms with Gasteiger partial charge in [-0.15, -0.1) is 0 Å². The summed E-state index contributed by atoms with van der Waals surface area (Å²) in [6.45, 7) is 10.4. The highest BCUT2D eigenvalue weighted by molar-refractivity contribution is 5.75. The van der Waals surface area contributed by atoms with Crippen LogP contribution in [0.3, 0.4) is 0 Å². The van der Waals surface area contributed by atoms with E-state index in [1.807, 2.05) is 11.8 Å². The van der Waals surface area contributed by atoms with Gasteiger partial charge < -0.3 is 26.4 Å². The largest absolute Gasteiger partial charge is 1.00 e. The molecule has 20 heavy (non-hydrogen) atoms. The Morgan fingerprint density at radius 1 is 1.15 bits per heavy atom. The molecule has 0 aliphatic carbocycles. The van der Waals surface area contributed by atoms with Gasteiger partial charge in [-0.3, -0.25) is 4.79 Å². The molecule has 0 atom stereocenters. The van der Waals surface area contributed by atoms with Crippen LogP contribution >= 0.6 is 0 Å². The van der Waals surface area contributed by atoms with Gasteiger partial charge in [0.1, 0.15) is 6.54 Å². The Labute approximate surface area is 132 Å². The Morgan fingerprint density at radius 3 is 2.25 bits per heavy atom. The van der Waals surface area contributed by atoms with E-state index in [1.54, 1.807) is 0 Å². The van der Waals surface area contributed by atoms with E-state index in [9.17, 15) is 4.79 Å². The van der Waals surface area contributed by atoms with Crippen LogP contribution in [0, 0.1) is 0 Å². The van der Waals surface area contributed by atoms with Crippen molar-refractivity contribution in [2.24, 2.45) is 0 Å². The minimum absolute atomic E-state index is 0. The van der Waals surface area contributed by atoms with Crippen LogP contribution in [-0.2, 0) is 11.3 Å². The first-order valence-corrected chi connectivity index (χ1v) is 7.36. The zero-order valence-electron chi connectivity index (χ0n) is 12.5. The van der Waals surface area contributed by atoms with Gasteiger partial charge in [-0.05, 0) is 6.92 Å². The van der Waals surface area contributed by atoms with Crippen molar-refractivity contribution in [3.8, 4) is 0 Å². The molecule has 0 N–H and O–H groups in total. The highest BCUT2D eigenvalue weighted by atomic mass is 79.9. The lowest BCUT2D eigenvalue weighted by atomic mass is 10.1. The fraction of sp³-hybridized carbons (Fsp3) is 0.562. The van der Waals surface area contributed by atoms with Gasteiger partial charge >= 0.3 is 0 Å². The molecule has 3 nitrogen and oxygen atoms in total. The topological polar surface area (TPSA) is 20.3 Å². The molecule has 1 fully saturated rings. The van der Waals surface area contributed by atoms with E-state index >= 15 is 0 Å². The number of benzene rings is 1. The van der Waals surface area contributed by atoms with Crippen LogP contribution in [-0.4, -0.2) is 48.0 Å². The monoisotopic (exact) mass is 340 g/mol. The van der Waals surface area contributed by atoms with Crippen LogP contribution in [0.15, 0.2) is 30.3 Å². The second-order valence-corrected chi connectivity index (χ2v) is 5.48. The fourth-order valence-electron chi connectivity index (χ4n) is 2.92. The number of nitrogens with zero attached hydrogens (tertiary/aromatic N) is 2. The van der Waals surface area contributed by atoms with Gasteiger partial charge in [-0.2, -0.15) is 0 Å². The molecule has 0 radical (unpaired) electrons. The molecule has 0 spiro atoms. The van der Waals surface area contributed by atoms with E-state index in [2.05, 4.69) is 37.3 Å². The summed E-state index contributed by atoms with van der Waals surface area (Å²) in [5.74, 6) is 0.300. The van der Waals surface area contributed by atoms with Gasteiger partial charge in [0.25, 0.3) is 0 Å². The number of carbonyl (C=O) groups excluding carboxylic acids is 1. The lowest BCUT2D eigenvalue weighted by Gasteiger charge is -2.44. The van der Waals surface area contributed by atoms with Crippen molar-refractivity contribution < 1.29 is 26.3 Å². The maximum Gasteiger partial charge on any atom is 0.222 e. The molecule has 1 aliphatic rings. The normalized spacial score (nSPS) is 17.4. The summed E-state index contributed by atoms with van der Waals surface area (Å²) in [4.78, 5) is 13.8. The summed E-state index contributed by atoms with van der Waals surface area (Å²) in [6, 6.07) is 10.7. The van der Waals surface area contributed by atoms with Gasteiger partial charge in [0.15, 0.2) is 0 Å². The molecular formula is C16H25BrN2O. The number of carbonyl (C=O) groups is 1. The number of amides is 1. The predicted molar refractivity (Wildman–Crippen MR) is 77.6 cm³/mol. The number of likely N-dealkylation sites (N-methyl/N-ethyl adjacent to an activating group) is 1. The molecule has 1 aliphatic heterocycles. The molecule has 1 aromatic rings. The molecule has 0 bridgehead atoms. The Bertz CT molecular complexity index is 414. The number of quaternary nitrogens is 1. The van der Waals surface area contributed by atoms with Crippen LogP contribution in [0.4, 0.5) is 0 Å². The van der Waals surface area contributed by atoms with Crippen molar-refractivity contribution in [2.45, 2.75) is 26.8 Å². The molecule has 2 rings (SSSR count). The Hall–Kier alpha value is -0.870. The van der Waals surface area contributed by atoms with E-state index in [0.29, 0.717) is 12.3 Å². The van der Waals surface area contributed by atoms with Crippen LogP contribution in [0.5, 0.6) is 0 Å². The number of rotatable bonds is 4. The minimum Gasteiger partial charge on any atom is -1.00 e. The lowest BCUT2D eigenvalue weighted by Crippen LogP contribution is -3.00. The Morgan fingerprint density at radius 2 is 1.75 bits per heavy atom. The number of piperazine rings is 1. The summed E-state index contributed by atoms with van der Waals surface area (Å²) in [5.41, 5.74) is 1.40. The average molecular weight is 341 g/mol. The second-order valence-electron chi connectivity index (χ2n) is 5.48. The number of halogens is 1. The van der Waals surface area contributed by atoms with Crippen LogP contribution in [0.2, 0.25) is 0 Å². The summed E-state index contributed by atoms with van der Waals surface area (Å²) in [5, 5.41) is 0. The van der Waals surface area contributed by atoms with Crippen molar-refractivity contribution >= 4 is 5.91 Å². The van der Waals surface area contributed by atoms with Crippen molar-refractivity contribution in [3.05, 3.63) is 35.9 Å². The lowest BCUT2D eigenvalue weighted by molar-refractivity contribution is -0.942. The van der Waals surface area contributed by atoms with E-state index in [4.69, 9.17) is 0 Å². The molecule has 1 aromatic carbocycles. The number of hydrogen-bond donors (Lipinski definition) is 0. The smallest absolute Gasteiger partial charge is 0.222 e. The highest BCUT2D eigenvalue weighted by Crippen LogP contribution is 2.18. The quantitative estimate of drug-likeness (QED) is 0.662. The Kier molecular flexibility index (Phi) is 6.69. The second kappa shape index (κ2) is 7.79. The first kappa shape index (κ1) is 17.2. The molecule has 112 valence electrons. The first-order valence-electron chi connectivity index (χ1n) is 7.36. The first-order chi connectivity index (χ1) is 9.19. The molecule has 0 saturated carbocycles. The molecular weight excluding hydrogens is 316 g/mol. The van der Waals surface area contributed by atoms with Gasteiger partial charge in [-0.1, -0.05) is 37.3 Å². The molecule has 0 aromatic heterocycles. The van der Waals surface area contributed by atoms with E-state index in [0.717, 1.165) is 43.8 Å². The van der Waals surface area contributed by atoms with Crippen LogP contribution in [0.1, 0.15) is 25.8 Å². The fourth-order valence-corrected chi connectivity index (χ4v) is 2.92. The highest BCUT2D eigenvalue weighted by Gasteiger charge is 2.32. The van der Waals surface area contributed by atoms with Crippen molar-refractivity contribution in [1.29, 1.82) is 0 Å². The van der Waals surface area contributed by atoms with Crippen molar-refractivity contribution in [1.82, 2.24) is 4.90 Å². The summed E-state index contributed by atoms with van der Waals surface area (Å²) >= 11 is 0. The van der Waals surface area contributed by atoms with Gasteiger partial charge in [0, 0.05) is 12.0 Å². The summed E-state index contributed by atoms with van der Waals surface area (Å²) < 4.78 is 1.11. The standard InChI is InChI=1S/C16H25N2O.BrH/c1-3-16(19)17-10-12-18(4-2,13-11-17)14-15-8-6-5-7-9-15;/h5-9H,3-4,10-14H2,1-2H3;1H/q+1;/p-1. The zero-order valence-corrected chi connectivity index (χ0v) is 14.1. The third-order valence-corrected chi connectivity index (χ3v) is 4.38. The SMILES string of the molecule is CCC(=O)N1CC[N+](CC)(Cc2ccccc2)CC1.[Br-]. The summed E-state index contributed by atoms with van der Waals surface area (Å²) in [7, 11) is 0. The van der Waals surface area contributed by atoms with Gasteiger partial charge in [0.2, 0.25) is 5.91 Å². The summed E-state index contributed by atoms with van der Waals surface area (Å²) in [6.07, 6.45) is 0.630.